The van der Waals surface area contributed by atoms with Crippen molar-refractivity contribution in [2.24, 2.45) is 0 Å². The first kappa shape index (κ1) is 16.7. The van der Waals surface area contributed by atoms with Crippen LogP contribution in [0.4, 0.5) is 4.79 Å². The van der Waals surface area contributed by atoms with E-state index in [1.165, 1.54) is 0 Å². The molecule has 4 nitrogen and oxygen atoms in total. The number of ether oxygens (including phenoxy) is 1. The van der Waals surface area contributed by atoms with E-state index < -0.39 is 0 Å². The SMILES string of the molecule is CC(C)OCCCNC(=O)N/C=C/c1cccc(Br)c1. The first-order valence-electron chi connectivity index (χ1n) is 6.66. The number of urea groups is 1. The maximum absolute atomic E-state index is 11.5. The van der Waals surface area contributed by atoms with E-state index in [2.05, 4.69) is 26.6 Å². The average molecular weight is 341 g/mol. The normalized spacial score (nSPS) is 11.0. The van der Waals surface area contributed by atoms with E-state index in [0.717, 1.165) is 16.5 Å². The molecular formula is C15H21BrN2O2. The zero-order valence-electron chi connectivity index (χ0n) is 11.9. The highest BCUT2D eigenvalue weighted by molar-refractivity contribution is 9.10. The Balaban J connectivity index is 2.16. The number of hydrogen-bond acceptors (Lipinski definition) is 2. The molecule has 1 aromatic carbocycles. The van der Waals surface area contributed by atoms with Gasteiger partial charge in [0.05, 0.1) is 6.10 Å². The largest absolute Gasteiger partial charge is 0.379 e. The third kappa shape index (κ3) is 7.96. The van der Waals surface area contributed by atoms with Crippen molar-refractivity contribution in [1.29, 1.82) is 0 Å². The fourth-order valence-corrected chi connectivity index (χ4v) is 1.88. The van der Waals surface area contributed by atoms with Gasteiger partial charge in [0.1, 0.15) is 0 Å². The molecule has 0 fully saturated rings. The standard InChI is InChI=1S/C15H21BrN2O2/c1-12(2)20-10-4-8-17-15(19)18-9-7-13-5-3-6-14(16)11-13/h3,5-7,9,11-12H,4,8,10H2,1-2H3,(H2,17,18,19)/b9-7+. The van der Waals surface area contributed by atoms with Gasteiger partial charge < -0.3 is 15.4 Å². The van der Waals surface area contributed by atoms with Crippen molar-refractivity contribution in [3.05, 3.63) is 40.5 Å². The molecule has 0 aliphatic rings. The third-order valence-electron chi connectivity index (χ3n) is 2.40. The van der Waals surface area contributed by atoms with Crippen LogP contribution in [-0.2, 0) is 4.74 Å². The Bertz CT molecular complexity index is 447. The first-order chi connectivity index (χ1) is 9.58. The molecule has 0 bridgehead atoms. The molecule has 0 aromatic heterocycles. The molecule has 0 aliphatic heterocycles. The van der Waals surface area contributed by atoms with Gasteiger partial charge in [-0.25, -0.2) is 4.79 Å². The maximum atomic E-state index is 11.5. The van der Waals surface area contributed by atoms with Crippen LogP contribution in [0.25, 0.3) is 6.08 Å². The van der Waals surface area contributed by atoms with Crippen LogP contribution in [0.1, 0.15) is 25.8 Å². The zero-order chi connectivity index (χ0) is 14.8. The summed E-state index contributed by atoms with van der Waals surface area (Å²) in [5, 5.41) is 5.43. The van der Waals surface area contributed by atoms with Gasteiger partial charge in [0.2, 0.25) is 0 Å². The van der Waals surface area contributed by atoms with Crippen LogP contribution in [0.15, 0.2) is 34.9 Å². The van der Waals surface area contributed by atoms with E-state index in [0.29, 0.717) is 13.2 Å². The number of rotatable bonds is 7. The molecule has 1 rings (SSSR count). The molecule has 0 saturated carbocycles. The minimum atomic E-state index is -0.208. The van der Waals surface area contributed by atoms with Crippen molar-refractivity contribution < 1.29 is 9.53 Å². The van der Waals surface area contributed by atoms with Crippen molar-refractivity contribution in [3.63, 3.8) is 0 Å². The van der Waals surface area contributed by atoms with E-state index >= 15 is 0 Å². The Morgan fingerprint density at radius 3 is 2.95 bits per heavy atom. The van der Waals surface area contributed by atoms with Gasteiger partial charge in [-0.15, -0.1) is 0 Å². The van der Waals surface area contributed by atoms with E-state index in [1.54, 1.807) is 6.20 Å². The van der Waals surface area contributed by atoms with Gasteiger partial charge in [-0.3, -0.25) is 0 Å². The monoisotopic (exact) mass is 340 g/mol. The Kier molecular flexibility index (Phi) is 7.99. The van der Waals surface area contributed by atoms with Gasteiger partial charge in [0, 0.05) is 23.8 Å². The average Bonchev–Trinajstić information content (AvgIpc) is 2.38. The third-order valence-corrected chi connectivity index (χ3v) is 2.89. The lowest BCUT2D eigenvalue weighted by Gasteiger charge is -2.07. The summed E-state index contributed by atoms with van der Waals surface area (Å²) in [5.74, 6) is 0. The number of benzene rings is 1. The Morgan fingerprint density at radius 2 is 2.25 bits per heavy atom. The number of carbonyl (C=O) groups is 1. The van der Waals surface area contributed by atoms with Crippen LogP contribution >= 0.6 is 15.9 Å². The van der Waals surface area contributed by atoms with Crippen LogP contribution in [0.3, 0.4) is 0 Å². The van der Waals surface area contributed by atoms with Gasteiger partial charge in [-0.2, -0.15) is 0 Å². The van der Waals surface area contributed by atoms with Crippen LogP contribution < -0.4 is 10.6 Å². The summed E-state index contributed by atoms with van der Waals surface area (Å²) in [6.45, 7) is 5.24. The Morgan fingerprint density at radius 1 is 1.45 bits per heavy atom. The summed E-state index contributed by atoms with van der Waals surface area (Å²) in [4.78, 5) is 11.5. The predicted octanol–water partition coefficient (Wildman–Crippen LogP) is 3.53. The number of carbonyl (C=O) groups excluding carboxylic acids is 1. The molecule has 0 radical (unpaired) electrons. The highest BCUT2D eigenvalue weighted by Gasteiger charge is 1.97. The Hall–Kier alpha value is -1.33. The van der Waals surface area contributed by atoms with Crippen LogP contribution in [-0.4, -0.2) is 25.3 Å². The van der Waals surface area contributed by atoms with E-state index in [9.17, 15) is 4.79 Å². The smallest absolute Gasteiger partial charge is 0.318 e. The molecule has 0 spiro atoms. The summed E-state index contributed by atoms with van der Waals surface area (Å²) in [5.41, 5.74) is 1.02. The number of halogens is 1. The van der Waals surface area contributed by atoms with Gasteiger partial charge >= 0.3 is 6.03 Å². The molecule has 1 aromatic rings. The summed E-state index contributed by atoms with van der Waals surface area (Å²) < 4.78 is 6.39. The minimum Gasteiger partial charge on any atom is -0.379 e. The number of nitrogens with one attached hydrogen (secondary N) is 2. The molecule has 2 amide bonds. The number of hydrogen-bond donors (Lipinski definition) is 2. The molecule has 20 heavy (non-hydrogen) atoms. The highest BCUT2D eigenvalue weighted by Crippen LogP contribution is 2.12. The Labute approximate surface area is 128 Å². The van der Waals surface area contributed by atoms with Crippen LogP contribution in [0.5, 0.6) is 0 Å². The second kappa shape index (κ2) is 9.55. The van der Waals surface area contributed by atoms with Crippen molar-refractivity contribution in [3.8, 4) is 0 Å². The van der Waals surface area contributed by atoms with Crippen molar-refractivity contribution in [2.45, 2.75) is 26.4 Å². The fraction of sp³-hybridized carbons (Fsp3) is 0.400. The summed E-state index contributed by atoms with van der Waals surface area (Å²) in [6, 6.07) is 7.62. The second-order valence-corrected chi connectivity index (χ2v) is 5.48. The van der Waals surface area contributed by atoms with Crippen molar-refractivity contribution in [1.82, 2.24) is 10.6 Å². The molecule has 0 unspecified atom stereocenters. The minimum absolute atomic E-state index is 0.208. The zero-order valence-corrected chi connectivity index (χ0v) is 13.4. The molecule has 110 valence electrons. The fourth-order valence-electron chi connectivity index (χ4n) is 1.47. The van der Waals surface area contributed by atoms with Crippen LogP contribution in [0.2, 0.25) is 0 Å². The van der Waals surface area contributed by atoms with E-state index in [1.807, 2.05) is 44.2 Å². The quantitative estimate of drug-likeness (QED) is 0.746. The molecule has 5 heteroatoms. The van der Waals surface area contributed by atoms with Crippen LogP contribution in [0, 0.1) is 0 Å². The van der Waals surface area contributed by atoms with E-state index in [-0.39, 0.29) is 12.1 Å². The maximum Gasteiger partial charge on any atom is 0.318 e. The van der Waals surface area contributed by atoms with Crippen molar-refractivity contribution in [2.75, 3.05) is 13.2 Å². The summed E-state index contributed by atoms with van der Waals surface area (Å²) in [7, 11) is 0. The lowest BCUT2D eigenvalue weighted by Crippen LogP contribution is -2.33. The van der Waals surface area contributed by atoms with Gasteiger partial charge in [0.25, 0.3) is 0 Å². The molecule has 0 heterocycles. The number of amides is 2. The highest BCUT2D eigenvalue weighted by atomic mass is 79.9. The first-order valence-corrected chi connectivity index (χ1v) is 7.45. The topological polar surface area (TPSA) is 50.4 Å². The molecule has 0 atom stereocenters. The lowest BCUT2D eigenvalue weighted by atomic mass is 10.2. The molecule has 0 aliphatic carbocycles. The van der Waals surface area contributed by atoms with Gasteiger partial charge in [-0.05, 0) is 44.0 Å². The molecular weight excluding hydrogens is 320 g/mol. The predicted molar refractivity (Wildman–Crippen MR) is 85.4 cm³/mol. The van der Waals surface area contributed by atoms with Gasteiger partial charge in [-0.1, -0.05) is 28.1 Å². The summed E-state index contributed by atoms with van der Waals surface area (Å²) in [6.07, 6.45) is 4.51. The molecule has 2 N–H and O–H groups in total. The van der Waals surface area contributed by atoms with E-state index in [4.69, 9.17) is 4.74 Å². The second-order valence-electron chi connectivity index (χ2n) is 4.56. The van der Waals surface area contributed by atoms with Gasteiger partial charge in [0.15, 0.2) is 0 Å². The molecule has 0 saturated heterocycles. The lowest BCUT2D eigenvalue weighted by molar-refractivity contribution is 0.0774. The summed E-state index contributed by atoms with van der Waals surface area (Å²) >= 11 is 3.40. The van der Waals surface area contributed by atoms with Crippen molar-refractivity contribution >= 4 is 28.0 Å².